The third-order valence-electron chi connectivity index (χ3n) is 4.34. The molecule has 0 radical (unpaired) electrons. The first kappa shape index (κ1) is 15.9. The van der Waals surface area contributed by atoms with Crippen molar-refractivity contribution in [1.82, 2.24) is 4.90 Å². The molecule has 1 N–H and O–H groups in total. The maximum Gasteiger partial charge on any atom is 0.411 e. The lowest BCUT2D eigenvalue weighted by molar-refractivity contribution is -0.145. The summed E-state index contributed by atoms with van der Waals surface area (Å²) in [6.07, 6.45) is 4.07. The lowest BCUT2D eigenvalue weighted by Crippen LogP contribution is -2.47. The van der Waals surface area contributed by atoms with Gasteiger partial charge in [0.1, 0.15) is 5.60 Å². The highest BCUT2D eigenvalue weighted by Crippen LogP contribution is 2.42. The van der Waals surface area contributed by atoms with Gasteiger partial charge in [0, 0.05) is 6.04 Å². The number of hydrogen-bond acceptors (Lipinski definition) is 3. The predicted molar refractivity (Wildman–Crippen MR) is 79.0 cm³/mol. The molecule has 118 valence electrons. The summed E-state index contributed by atoms with van der Waals surface area (Å²) >= 11 is 0. The zero-order valence-electron chi connectivity index (χ0n) is 13.5. The van der Waals surface area contributed by atoms with Crippen LogP contribution in [0.15, 0.2) is 11.6 Å². The molecule has 2 atom stereocenters. The first-order valence-corrected chi connectivity index (χ1v) is 7.48. The summed E-state index contributed by atoms with van der Waals surface area (Å²) in [5, 5.41) is 9.37. The standard InChI is InChI=1S/C16H25NO4/c1-15(2,3)21-14(20)17-11-6-7-12(17)9-10(8-11)16(4,5)13(18)19/h8,11-12H,6-7,9H2,1-5H3,(H,18,19). The van der Waals surface area contributed by atoms with Gasteiger partial charge in [-0.25, -0.2) is 4.79 Å². The van der Waals surface area contributed by atoms with E-state index in [4.69, 9.17) is 4.74 Å². The van der Waals surface area contributed by atoms with Crippen LogP contribution in [0.1, 0.15) is 53.9 Å². The van der Waals surface area contributed by atoms with Crippen molar-refractivity contribution in [2.45, 2.75) is 71.6 Å². The van der Waals surface area contributed by atoms with Gasteiger partial charge < -0.3 is 9.84 Å². The Kier molecular flexibility index (Phi) is 3.80. The van der Waals surface area contributed by atoms with E-state index in [1.54, 1.807) is 18.7 Å². The number of carbonyl (C=O) groups excluding carboxylic acids is 1. The highest BCUT2D eigenvalue weighted by Gasteiger charge is 2.45. The van der Waals surface area contributed by atoms with Gasteiger partial charge in [0.25, 0.3) is 0 Å². The summed E-state index contributed by atoms with van der Waals surface area (Å²) in [6.45, 7) is 9.01. The van der Waals surface area contributed by atoms with Crippen molar-refractivity contribution < 1.29 is 19.4 Å². The average molecular weight is 295 g/mol. The zero-order valence-corrected chi connectivity index (χ0v) is 13.5. The Hall–Kier alpha value is -1.52. The number of ether oxygens (including phenoxy) is 1. The van der Waals surface area contributed by atoms with Crippen LogP contribution in [0.2, 0.25) is 0 Å². The highest BCUT2D eigenvalue weighted by molar-refractivity contribution is 5.78. The van der Waals surface area contributed by atoms with E-state index in [1.165, 1.54) is 0 Å². The van der Waals surface area contributed by atoms with Gasteiger partial charge >= 0.3 is 12.1 Å². The van der Waals surface area contributed by atoms with Crippen LogP contribution in [-0.2, 0) is 9.53 Å². The molecule has 0 aromatic rings. The molecule has 2 aliphatic rings. The predicted octanol–water partition coefficient (Wildman–Crippen LogP) is 3.20. The topological polar surface area (TPSA) is 66.8 Å². The van der Waals surface area contributed by atoms with Crippen LogP contribution < -0.4 is 0 Å². The number of nitrogens with zero attached hydrogens (tertiary/aromatic N) is 1. The van der Waals surface area contributed by atoms with Gasteiger partial charge in [-0.3, -0.25) is 9.69 Å². The average Bonchev–Trinajstić information content (AvgIpc) is 2.57. The Labute approximate surface area is 126 Å². The molecule has 1 fully saturated rings. The molecule has 2 rings (SSSR count). The zero-order chi connectivity index (χ0) is 16.0. The molecule has 2 heterocycles. The van der Waals surface area contributed by atoms with Crippen molar-refractivity contribution >= 4 is 12.1 Å². The second-order valence-corrected chi connectivity index (χ2v) is 7.51. The van der Waals surface area contributed by atoms with E-state index in [1.807, 2.05) is 26.8 Å². The first-order chi connectivity index (χ1) is 9.52. The van der Waals surface area contributed by atoms with E-state index < -0.39 is 17.0 Å². The van der Waals surface area contributed by atoms with E-state index in [-0.39, 0.29) is 18.2 Å². The molecule has 21 heavy (non-hydrogen) atoms. The molecule has 1 saturated heterocycles. The highest BCUT2D eigenvalue weighted by atomic mass is 16.6. The van der Waals surface area contributed by atoms with Crippen LogP contribution in [0.5, 0.6) is 0 Å². The fraction of sp³-hybridized carbons (Fsp3) is 0.750. The number of carbonyl (C=O) groups is 2. The van der Waals surface area contributed by atoms with E-state index in [9.17, 15) is 14.7 Å². The van der Waals surface area contributed by atoms with Gasteiger partial charge in [-0.15, -0.1) is 0 Å². The number of hydrogen-bond donors (Lipinski definition) is 1. The number of rotatable bonds is 2. The maximum absolute atomic E-state index is 12.3. The summed E-state index contributed by atoms with van der Waals surface area (Å²) in [7, 11) is 0. The van der Waals surface area contributed by atoms with Crippen LogP contribution in [0, 0.1) is 5.41 Å². The minimum absolute atomic E-state index is 0.0350. The van der Waals surface area contributed by atoms with Crippen LogP contribution in [0.4, 0.5) is 4.79 Å². The van der Waals surface area contributed by atoms with Crippen LogP contribution in [-0.4, -0.2) is 39.8 Å². The van der Waals surface area contributed by atoms with Crippen molar-refractivity contribution in [1.29, 1.82) is 0 Å². The molecule has 2 bridgehead atoms. The first-order valence-electron chi connectivity index (χ1n) is 7.48. The fourth-order valence-corrected chi connectivity index (χ4v) is 3.03. The maximum atomic E-state index is 12.3. The molecule has 0 aromatic carbocycles. The van der Waals surface area contributed by atoms with Gasteiger partial charge in [-0.1, -0.05) is 11.6 Å². The summed E-state index contributed by atoms with van der Waals surface area (Å²) in [6, 6.07) is 0.0238. The minimum Gasteiger partial charge on any atom is -0.481 e. The second kappa shape index (κ2) is 5.04. The van der Waals surface area contributed by atoms with Crippen molar-refractivity contribution in [2.75, 3.05) is 0 Å². The molecule has 2 aliphatic heterocycles. The molecular weight excluding hydrogens is 270 g/mol. The number of carboxylic acid groups (broad SMARTS) is 1. The van der Waals surface area contributed by atoms with E-state index in [2.05, 4.69) is 0 Å². The number of aliphatic carboxylic acids is 1. The van der Waals surface area contributed by atoms with Crippen molar-refractivity contribution in [3.63, 3.8) is 0 Å². The summed E-state index contributed by atoms with van der Waals surface area (Å²) < 4.78 is 5.47. The molecule has 1 amide bonds. The molecule has 5 heteroatoms. The third-order valence-corrected chi connectivity index (χ3v) is 4.34. The third kappa shape index (κ3) is 3.06. The van der Waals surface area contributed by atoms with Crippen LogP contribution in [0.25, 0.3) is 0 Å². The van der Waals surface area contributed by atoms with Crippen LogP contribution in [0.3, 0.4) is 0 Å². The Balaban J connectivity index is 2.20. The van der Waals surface area contributed by atoms with E-state index in [0.29, 0.717) is 6.42 Å². The molecule has 0 saturated carbocycles. The number of amides is 1. The quantitative estimate of drug-likeness (QED) is 0.794. The summed E-state index contributed by atoms with van der Waals surface area (Å²) in [5.41, 5.74) is -0.468. The number of carboxylic acids is 1. The molecule has 5 nitrogen and oxygen atoms in total. The lowest BCUT2D eigenvalue weighted by Gasteiger charge is -2.38. The van der Waals surface area contributed by atoms with Gasteiger partial charge in [-0.05, 0) is 53.9 Å². The van der Waals surface area contributed by atoms with Crippen molar-refractivity contribution in [2.24, 2.45) is 5.41 Å². The van der Waals surface area contributed by atoms with Gasteiger partial charge in [0.05, 0.1) is 11.5 Å². The second-order valence-electron chi connectivity index (χ2n) is 7.51. The van der Waals surface area contributed by atoms with Crippen LogP contribution >= 0.6 is 0 Å². The van der Waals surface area contributed by atoms with Gasteiger partial charge in [-0.2, -0.15) is 0 Å². The Morgan fingerprint density at radius 3 is 2.33 bits per heavy atom. The molecule has 0 aliphatic carbocycles. The van der Waals surface area contributed by atoms with E-state index >= 15 is 0 Å². The van der Waals surface area contributed by atoms with E-state index in [0.717, 1.165) is 18.4 Å². The molecule has 0 aromatic heterocycles. The fourth-order valence-electron chi connectivity index (χ4n) is 3.03. The smallest absolute Gasteiger partial charge is 0.411 e. The summed E-state index contributed by atoms with van der Waals surface area (Å²) in [4.78, 5) is 25.5. The Morgan fingerprint density at radius 2 is 1.86 bits per heavy atom. The SMILES string of the molecule is CC(C)(C)OC(=O)N1C2C=C(C(C)(C)C(=O)O)CC1CC2. The number of fused-ring (bicyclic) bond motifs is 2. The Morgan fingerprint density at radius 1 is 1.24 bits per heavy atom. The Bertz CT molecular complexity index is 487. The van der Waals surface area contributed by atoms with Crippen molar-refractivity contribution in [3.05, 3.63) is 11.6 Å². The monoisotopic (exact) mass is 295 g/mol. The summed E-state index contributed by atoms with van der Waals surface area (Å²) in [5.74, 6) is -0.820. The molecule has 2 unspecified atom stereocenters. The minimum atomic E-state index is -0.874. The van der Waals surface area contributed by atoms with Gasteiger partial charge in [0.15, 0.2) is 0 Å². The normalized spacial score (nSPS) is 25.6. The lowest BCUT2D eigenvalue weighted by atomic mass is 9.79. The van der Waals surface area contributed by atoms with Crippen molar-refractivity contribution in [3.8, 4) is 0 Å². The largest absolute Gasteiger partial charge is 0.481 e. The molecular formula is C16H25NO4. The molecule has 0 spiro atoms. The van der Waals surface area contributed by atoms with Gasteiger partial charge in [0.2, 0.25) is 0 Å².